The van der Waals surface area contributed by atoms with Crippen LogP contribution in [-0.4, -0.2) is 23.0 Å². The van der Waals surface area contributed by atoms with E-state index in [0.717, 1.165) is 20.8 Å². The smallest absolute Gasteiger partial charge is 0.343 e. The Kier molecular flexibility index (Phi) is 7.82. The molecule has 4 aromatic rings. The van der Waals surface area contributed by atoms with Crippen LogP contribution in [0.15, 0.2) is 94.5 Å². The van der Waals surface area contributed by atoms with Gasteiger partial charge in [0.2, 0.25) is 5.91 Å². The highest BCUT2D eigenvalue weighted by atomic mass is 79.9. The molecular weight excluding hydrogens is 526 g/mol. The van der Waals surface area contributed by atoms with E-state index in [4.69, 9.17) is 4.74 Å². The highest BCUT2D eigenvalue weighted by Crippen LogP contribution is 2.23. The molecule has 0 aliphatic carbocycles. The molecule has 0 saturated carbocycles. The number of rotatable bonds is 8. The Labute approximate surface area is 214 Å². The first-order valence-corrected chi connectivity index (χ1v) is 11.7. The third-order valence-electron chi connectivity index (χ3n) is 5.34. The molecule has 0 atom stereocenters. The molecule has 0 fully saturated rings. The van der Waals surface area contributed by atoms with Crippen molar-refractivity contribution in [2.45, 2.75) is 12.8 Å². The molecule has 0 radical (unpaired) electrons. The van der Waals surface area contributed by atoms with E-state index in [0.29, 0.717) is 12.0 Å². The number of esters is 1. The normalized spacial score (nSPS) is 10.9. The van der Waals surface area contributed by atoms with Crippen LogP contribution < -0.4 is 10.2 Å². The van der Waals surface area contributed by atoms with Gasteiger partial charge in [0.1, 0.15) is 5.75 Å². The molecule has 0 bridgehead atoms. The zero-order valence-corrected chi connectivity index (χ0v) is 20.5. The Balaban J connectivity index is 1.37. The van der Waals surface area contributed by atoms with Crippen LogP contribution in [0.1, 0.15) is 27.9 Å². The number of fused-ring (bicyclic) bond motifs is 1. The van der Waals surface area contributed by atoms with E-state index in [1.54, 1.807) is 18.2 Å². The third-order valence-corrected chi connectivity index (χ3v) is 5.83. The van der Waals surface area contributed by atoms with Crippen LogP contribution in [0.2, 0.25) is 0 Å². The number of carbonyl (C=O) groups excluding carboxylic acids is 2. The lowest BCUT2D eigenvalue weighted by molar-refractivity contribution is -0.384. The molecule has 4 rings (SSSR count). The fourth-order valence-corrected chi connectivity index (χ4v) is 3.85. The number of nitro benzene ring substituents is 1. The lowest BCUT2D eigenvalue weighted by Crippen LogP contribution is -2.18. The minimum atomic E-state index is -0.679. The van der Waals surface area contributed by atoms with Crippen LogP contribution in [0, 0.1) is 10.1 Å². The number of carbonyl (C=O) groups is 2. The molecular formula is C27H20BrN3O5. The standard InChI is InChI=1S/C27H20BrN3O5/c28-23-10-13-25(36-27(33)20-8-11-24(12-9-20)31(34)35)22(16-23)17-29-30-26(32)14-6-18-5-7-19-3-1-2-4-21(19)15-18/h1-5,7-13,15-17H,6,14H2,(H,30,32)/b29-17+. The predicted molar refractivity (Wildman–Crippen MR) is 140 cm³/mol. The van der Waals surface area contributed by atoms with Crippen molar-refractivity contribution >= 4 is 50.5 Å². The zero-order chi connectivity index (χ0) is 25.5. The number of hydrazone groups is 1. The quantitative estimate of drug-likeness (QED) is 0.0986. The number of nitrogens with zero attached hydrogens (tertiary/aromatic N) is 2. The SMILES string of the molecule is O=C(CCc1ccc2ccccc2c1)N/N=C/c1cc(Br)ccc1OC(=O)c1ccc([N+](=O)[O-])cc1. The topological polar surface area (TPSA) is 111 Å². The summed E-state index contributed by atoms with van der Waals surface area (Å²) >= 11 is 3.36. The van der Waals surface area contributed by atoms with Crippen molar-refractivity contribution in [2.75, 3.05) is 0 Å². The van der Waals surface area contributed by atoms with Gasteiger partial charge >= 0.3 is 5.97 Å². The number of amides is 1. The van der Waals surface area contributed by atoms with Gasteiger partial charge in [-0.15, -0.1) is 0 Å². The molecule has 8 nitrogen and oxygen atoms in total. The minimum Gasteiger partial charge on any atom is -0.422 e. The van der Waals surface area contributed by atoms with Gasteiger partial charge in [-0.2, -0.15) is 5.10 Å². The van der Waals surface area contributed by atoms with Gasteiger partial charge in [0.05, 0.1) is 16.7 Å². The van der Waals surface area contributed by atoms with E-state index in [1.165, 1.54) is 30.5 Å². The molecule has 1 amide bonds. The second kappa shape index (κ2) is 11.4. The van der Waals surface area contributed by atoms with Crippen molar-refractivity contribution in [1.29, 1.82) is 0 Å². The fraction of sp³-hybridized carbons (Fsp3) is 0.0741. The summed E-state index contributed by atoms with van der Waals surface area (Å²) in [6.07, 6.45) is 2.22. The molecule has 0 unspecified atom stereocenters. The first kappa shape index (κ1) is 24.7. The van der Waals surface area contributed by atoms with Gasteiger partial charge in [0.15, 0.2) is 0 Å². The first-order valence-electron chi connectivity index (χ1n) is 10.9. The van der Waals surface area contributed by atoms with E-state index in [9.17, 15) is 19.7 Å². The van der Waals surface area contributed by atoms with Crippen LogP contribution in [0.5, 0.6) is 5.75 Å². The summed E-state index contributed by atoms with van der Waals surface area (Å²) in [7, 11) is 0. The van der Waals surface area contributed by atoms with Crippen LogP contribution >= 0.6 is 15.9 Å². The lowest BCUT2D eigenvalue weighted by atomic mass is 10.0. The molecule has 0 aromatic heterocycles. The van der Waals surface area contributed by atoms with Crippen molar-refractivity contribution in [2.24, 2.45) is 5.10 Å². The molecule has 0 aliphatic rings. The second-order valence-corrected chi connectivity index (χ2v) is 8.77. The molecule has 0 saturated heterocycles. The van der Waals surface area contributed by atoms with Crippen molar-refractivity contribution in [1.82, 2.24) is 5.43 Å². The highest BCUT2D eigenvalue weighted by molar-refractivity contribution is 9.10. The average Bonchev–Trinajstić information content (AvgIpc) is 2.88. The third kappa shape index (κ3) is 6.39. The fourth-order valence-electron chi connectivity index (χ4n) is 3.47. The van der Waals surface area contributed by atoms with Gasteiger partial charge in [-0.1, -0.05) is 58.4 Å². The number of hydrogen-bond donors (Lipinski definition) is 1. The van der Waals surface area contributed by atoms with Crippen molar-refractivity contribution in [3.63, 3.8) is 0 Å². The molecule has 0 heterocycles. The number of non-ortho nitro benzene ring substituents is 1. The predicted octanol–water partition coefficient (Wildman–Crippen LogP) is 5.81. The van der Waals surface area contributed by atoms with E-state index in [1.807, 2.05) is 36.4 Å². The molecule has 0 aliphatic heterocycles. The van der Waals surface area contributed by atoms with Crippen molar-refractivity contribution in [3.05, 3.63) is 116 Å². The number of aryl methyl sites for hydroxylation is 1. The molecule has 36 heavy (non-hydrogen) atoms. The molecule has 0 spiro atoms. The Morgan fingerprint density at radius 1 is 0.972 bits per heavy atom. The number of hydrogen-bond acceptors (Lipinski definition) is 6. The van der Waals surface area contributed by atoms with E-state index in [-0.39, 0.29) is 29.3 Å². The monoisotopic (exact) mass is 545 g/mol. The maximum atomic E-state index is 12.5. The van der Waals surface area contributed by atoms with Crippen LogP contribution in [0.3, 0.4) is 0 Å². The van der Waals surface area contributed by atoms with Crippen LogP contribution in [-0.2, 0) is 11.2 Å². The summed E-state index contributed by atoms with van der Waals surface area (Å²) in [5.41, 5.74) is 4.04. The average molecular weight is 546 g/mol. The van der Waals surface area contributed by atoms with E-state index >= 15 is 0 Å². The van der Waals surface area contributed by atoms with Crippen LogP contribution in [0.4, 0.5) is 5.69 Å². The Morgan fingerprint density at radius 3 is 2.47 bits per heavy atom. The number of nitro groups is 1. The maximum Gasteiger partial charge on any atom is 0.343 e. The molecule has 4 aromatic carbocycles. The highest BCUT2D eigenvalue weighted by Gasteiger charge is 2.14. The summed E-state index contributed by atoms with van der Waals surface area (Å²) in [5, 5.41) is 17.1. The Bertz CT molecular complexity index is 1470. The lowest BCUT2D eigenvalue weighted by Gasteiger charge is -2.08. The first-order chi connectivity index (χ1) is 17.4. The van der Waals surface area contributed by atoms with Gasteiger partial charge in [0.25, 0.3) is 5.69 Å². The summed E-state index contributed by atoms with van der Waals surface area (Å²) < 4.78 is 6.18. The van der Waals surface area contributed by atoms with Gasteiger partial charge < -0.3 is 4.74 Å². The largest absolute Gasteiger partial charge is 0.422 e. The summed E-state index contributed by atoms with van der Waals surface area (Å²) in [4.78, 5) is 35.0. The molecule has 180 valence electrons. The summed E-state index contributed by atoms with van der Waals surface area (Å²) in [5.74, 6) is -0.712. The molecule has 1 N–H and O–H groups in total. The maximum absolute atomic E-state index is 12.5. The minimum absolute atomic E-state index is 0.126. The van der Waals surface area contributed by atoms with Gasteiger partial charge in [-0.05, 0) is 53.1 Å². The van der Waals surface area contributed by atoms with E-state index < -0.39 is 10.9 Å². The summed E-state index contributed by atoms with van der Waals surface area (Å²) in [6.45, 7) is 0. The van der Waals surface area contributed by atoms with E-state index in [2.05, 4.69) is 32.5 Å². The number of ether oxygens (including phenoxy) is 1. The van der Waals surface area contributed by atoms with Crippen LogP contribution in [0.25, 0.3) is 10.8 Å². The Hall–Kier alpha value is -4.37. The number of halogens is 1. The number of benzene rings is 4. The van der Waals surface area contributed by atoms with Crippen molar-refractivity contribution < 1.29 is 19.2 Å². The summed E-state index contributed by atoms with van der Waals surface area (Å²) in [6, 6.07) is 24.2. The Morgan fingerprint density at radius 2 is 1.72 bits per heavy atom. The zero-order valence-electron chi connectivity index (χ0n) is 18.9. The molecule has 9 heteroatoms. The second-order valence-electron chi connectivity index (χ2n) is 7.85. The number of nitrogens with one attached hydrogen (secondary N) is 1. The van der Waals surface area contributed by atoms with Gasteiger partial charge in [-0.3, -0.25) is 14.9 Å². The van der Waals surface area contributed by atoms with Gasteiger partial charge in [-0.25, -0.2) is 10.2 Å². The van der Waals surface area contributed by atoms with Gasteiger partial charge in [0, 0.05) is 28.6 Å². The van der Waals surface area contributed by atoms with Crippen molar-refractivity contribution in [3.8, 4) is 5.75 Å².